The summed E-state index contributed by atoms with van der Waals surface area (Å²) in [5.74, 6) is -0.662. The molecule has 0 aliphatic rings. The first-order valence-corrected chi connectivity index (χ1v) is 8.56. The lowest BCUT2D eigenvalue weighted by Gasteiger charge is -2.30. The Kier molecular flexibility index (Phi) is 5.76. The van der Waals surface area contributed by atoms with E-state index in [1.54, 1.807) is 57.2 Å². The third kappa shape index (κ3) is 4.26. The first kappa shape index (κ1) is 19.6. The molecule has 0 saturated heterocycles. The summed E-state index contributed by atoms with van der Waals surface area (Å²) in [5, 5.41) is 0. The molecular formula is C22H24O4. The number of carbonyl (C=O) groups excluding carboxylic acids is 3. The molecule has 136 valence electrons. The van der Waals surface area contributed by atoms with E-state index in [1.807, 2.05) is 19.1 Å². The molecule has 2 aromatic rings. The minimum atomic E-state index is -0.871. The minimum Gasteiger partial charge on any atom is -0.458 e. The number of esters is 1. The monoisotopic (exact) mass is 352 g/mol. The zero-order valence-corrected chi connectivity index (χ0v) is 15.8. The molecule has 0 heterocycles. The highest BCUT2D eigenvalue weighted by atomic mass is 16.5. The average Bonchev–Trinajstić information content (AvgIpc) is 2.61. The van der Waals surface area contributed by atoms with Crippen LogP contribution in [0, 0.1) is 12.3 Å². The van der Waals surface area contributed by atoms with Gasteiger partial charge in [-0.25, -0.2) is 4.79 Å². The number of rotatable bonds is 6. The van der Waals surface area contributed by atoms with Gasteiger partial charge in [-0.15, -0.1) is 0 Å². The van der Waals surface area contributed by atoms with Crippen molar-refractivity contribution in [3.05, 3.63) is 70.8 Å². The maximum atomic E-state index is 12.8. The maximum Gasteiger partial charge on any atom is 0.338 e. The average molecular weight is 352 g/mol. The molecule has 0 aliphatic heterocycles. The molecule has 2 aromatic carbocycles. The second kappa shape index (κ2) is 7.65. The predicted molar refractivity (Wildman–Crippen MR) is 101 cm³/mol. The normalized spacial score (nSPS) is 12.3. The van der Waals surface area contributed by atoms with Crippen molar-refractivity contribution < 1.29 is 19.1 Å². The number of carbonyl (C=O) groups is 3. The van der Waals surface area contributed by atoms with Gasteiger partial charge in [0.25, 0.3) is 0 Å². The van der Waals surface area contributed by atoms with E-state index >= 15 is 0 Å². The number of ether oxygens (including phenoxy) is 1. The zero-order chi connectivity index (χ0) is 19.5. The van der Waals surface area contributed by atoms with Gasteiger partial charge in [0.15, 0.2) is 11.6 Å². The summed E-state index contributed by atoms with van der Waals surface area (Å²) in [6, 6.07) is 13.6. The fraction of sp³-hybridized carbons (Fsp3) is 0.318. The molecule has 2 rings (SSSR count). The van der Waals surface area contributed by atoms with Crippen LogP contribution in [0.2, 0.25) is 0 Å². The summed E-state index contributed by atoms with van der Waals surface area (Å²) in [5.41, 5.74) is 1.68. The predicted octanol–water partition coefficient (Wildman–Crippen LogP) is 4.65. The van der Waals surface area contributed by atoms with E-state index in [2.05, 4.69) is 0 Å². The second-order valence-electron chi connectivity index (χ2n) is 7.10. The molecule has 0 N–H and O–H groups in total. The van der Waals surface area contributed by atoms with Gasteiger partial charge < -0.3 is 4.74 Å². The number of aryl methyl sites for hydroxylation is 1. The standard InChI is InChI=1S/C22H24O4/c1-14-6-8-18(9-7-14)20(24)22(4,5)16(3)26-21(25)19-12-10-17(11-13-19)15(2)23/h6-13,16H,1-5H3. The van der Waals surface area contributed by atoms with Crippen LogP contribution in [-0.2, 0) is 4.74 Å². The Balaban J connectivity index is 2.12. The largest absolute Gasteiger partial charge is 0.458 e. The number of ketones is 2. The number of benzene rings is 2. The molecule has 0 spiro atoms. The molecule has 4 nitrogen and oxygen atoms in total. The van der Waals surface area contributed by atoms with Crippen molar-refractivity contribution in [2.45, 2.75) is 40.7 Å². The van der Waals surface area contributed by atoms with E-state index in [0.29, 0.717) is 16.7 Å². The summed E-state index contributed by atoms with van der Waals surface area (Å²) >= 11 is 0. The van der Waals surface area contributed by atoms with Crippen LogP contribution >= 0.6 is 0 Å². The molecule has 0 fully saturated rings. The van der Waals surface area contributed by atoms with Crippen molar-refractivity contribution in [2.24, 2.45) is 5.41 Å². The van der Waals surface area contributed by atoms with Gasteiger partial charge >= 0.3 is 5.97 Å². The molecular weight excluding hydrogens is 328 g/mol. The van der Waals surface area contributed by atoms with E-state index in [-0.39, 0.29) is 11.6 Å². The second-order valence-corrected chi connectivity index (χ2v) is 7.10. The Morgan fingerprint density at radius 2 is 1.31 bits per heavy atom. The highest BCUT2D eigenvalue weighted by Gasteiger charge is 2.37. The Bertz CT molecular complexity index is 814. The first-order valence-electron chi connectivity index (χ1n) is 8.56. The van der Waals surface area contributed by atoms with Gasteiger partial charge in [0, 0.05) is 11.1 Å². The number of hydrogen-bond acceptors (Lipinski definition) is 4. The zero-order valence-electron chi connectivity index (χ0n) is 15.8. The lowest BCUT2D eigenvalue weighted by molar-refractivity contribution is 0.00398. The molecule has 26 heavy (non-hydrogen) atoms. The molecule has 0 aliphatic carbocycles. The van der Waals surface area contributed by atoms with Crippen LogP contribution in [0.3, 0.4) is 0 Å². The summed E-state index contributed by atoms with van der Waals surface area (Å²) < 4.78 is 5.52. The summed E-state index contributed by atoms with van der Waals surface area (Å²) in [6.07, 6.45) is -0.615. The van der Waals surface area contributed by atoms with Gasteiger partial charge in [0.2, 0.25) is 0 Å². The lowest BCUT2D eigenvalue weighted by atomic mass is 9.79. The third-order valence-electron chi connectivity index (χ3n) is 4.73. The highest BCUT2D eigenvalue weighted by molar-refractivity contribution is 6.01. The molecule has 1 unspecified atom stereocenters. The van der Waals surface area contributed by atoms with Crippen molar-refractivity contribution in [1.29, 1.82) is 0 Å². The topological polar surface area (TPSA) is 60.4 Å². The van der Waals surface area contributed by atoms with Crippen LogP contribution in [0.5, 0.6) is 0 Å². The van der Waals surface area contributed by atoms with Crippen molar-refractivity contribution in [2.75, 3.05) is 0 Å². The van der Waals surface area contributed by atoms with Crippen molar-refractivity contribution in [3.63, 3.8) is 0 Å². The van der Waals surface area contributed by atoms with Crippen LogP contribution < -0.4 is 0 Å². The van der Waals surface area contributed by atoms with E-state index in [1.165, 1.54) is 6.92 Å². The molecule has 0 aromatic heterocycles. The van der Waals surface area contributed by atoms with Crippen molar-refractivity contribution in [1.82, 2.24) is 0 Å². The van der Waals surface area contributed by atoms with Crippen molar-refractivity contribution in [3.8, 4) is 0 Å². The third-order valence-corrected chi connectivity index (χ3v) is 4.73. The van der Waals surface area contributed by atoms with Crippen molar-refractivity contribution >= 4 is 17.5 Å². The minimum absolute atomic E-state index is 0.0666. The van der Waals surface area contributed by atoms with E-state index in [0.717, 1.165) is 5.56 Å². The molecule has 1 atom stereocenters. The van der Waals surface area contributed by atoms with Crippen LogP contribution in [0.15, 0.2) is 48.5 Å². The summed E-state index contributed by atoms with van der Waals surface area (Å²) in [7, 11) is 0. The molecule has 0 saturated carbocycles. The molecule has 0 bridgehead atoms. The van der Waals surface area contributed by atoms with Crippen LogP contribution in [0.4, 0.5) is 0 Å². The van der Waals surface area contributed by atoms with Crippen LogP contribution in [0.25, 0.3) is 0 Å². The smallest absolute Gasteiger partial charge is 0.338 e. The SMILES string of the molecule is CC(=O)c1ccc(C(=O)OC(C)C(C)(C)C(=O)c2ccc(C)cc2)cc1. The van der Waals surface area contributed by atoms with E-state index < -0.39 is 17.5 Å². The Morgan fingerprint density at radius 1 is 0.846 bits per heavy atom. The van der Waals surface area contributed by atoms with Gasteiger partial charge in [-0.2, -0.15) is 0 Å². The Labute approximate surface area is 154 Å². The number of Topliss-reactive ketones (excluding diaryl/α,β-unsaturated/α-hetero) is 2. The van der Waals surface area contributed by atoms with Crippen LogP contribution in [0.1, 0.15) is 64.3 Å². The van der Waals surface area contributed by atoms with Gasteiger partial charge in [-0.05, 0) is 46.8 Å². The fourth-order valence-corrected chi connectivity index (χ4v) is 2.48. The van der Waals surface area contributed by atoms with Gasteiger partial charge in [-0.1, -0.05) is 42.0 Å². The first-order chi connectivity index (χ1) is 12.1. The molecule has 4 heteroatoms. The van der Waals surface area contributed by atoms with Gasteiger partial charge in [-0.3, -0.25) is 9.59 Å². The van der Waals surface area contributed by atoms with Crippen LogP contribution in [-0.4, -0.2) is 23.6 Å². The number of hydrogen-bond donors (Lipinski definition) is 0. The molecule has 0 amide bonds. The van der Waals surface area contributed by atoms with E-state index in [9.17, 15) is 14.4 Å². The Morgan fingerprint density at radius 3 is 1.81 bits per heavy atom. The lowest BCUT2D eigenvalue weighted by Crippen LogP contribution is -2.38. The summed E-state index contributed by atoms with van der Waals surface area (Å²) in [6.45, 7) is 8.68. The molecule has 0 radical (unpaired) electrons. The highest BCUT2D eigenvalue weighted by Crippen LogP contribution is 2.29. The maximum absolute atomic E-state index is 12.8. The fourth-order valence-electron chi connectivity index (χ4n) is 2.48. The van der Waals surface area contributed by atoms with E-state index in [4.69, 9.17) is 4.74 Å². The van der Waals surface area contributed by atoms with Gasteiger partial charge in [0.05, 0.1) is 11.0 Å². The Hall–Kier alpha value is -2.75. The summed E-state index contributed by atoms with van der Waals surface area (Å²) in [4.78, 5) is 36.5. The van der Waals surface area contributed by atoms with Gasteiger partial charge in [0.1, 0.15) is 6.10 Å². The quantitative estimate of drug-likeness (QED) is 0.561.